The van der Waals surface area contributed by atoms with Gasteiger partial charge in [0, 0.05) is 19.1 Å². The lowest BCUT2D eigenvalue weighted by Crippen LogP contribution is -2.48. The Bertz CT molecular complexity index is 919. The Morgan fingerprint density at radius 2 is 1.87 bits per heavy atom. The number of amides is 1. The number of carbonyl (C=O) groups is 1. The van der Waals surface area contributed by atoms with Crippen molar-refractivity contribution in [2.45, 2.75) is 56.0 Å². The molecule has 1 saturated heterocycles. The molecule has 6 nitrogen and oxygen atoms in total. The Labute approximate surface area is 172 Å². The minimum Gasteiger partial charge on any atom is -0.351 e. The van der Waals surface area contributed by atoms with Gasteiger partial charge in [0.2, 0.25) is 11.9 Å². The highest BCUT2D eigenvalue weighted by Crippen LogP contribution is 2.50. The van der Waals surface area contributed by atoms with Crippen LogP contribution < -0.4 is 5.32 Å². The molecule has 2 aliphatic heterocycles. The number of benzene rings is 1. The van der Waals surface area contributed by atoms with E-state index < -0.39 is 17.9 Å². The van der Waals surface area contributed by atoms with E-state index in [0.29, 0.717) is 25.5 Å². The van der Waals surface area contributed by atoms with Crippen molar-refractivity contribution < 1.29 is 18.0 Å². The van der Waals surface area contributed by atoms with Crippen LogP contribution in [0.15, 0.2) is 30.6 Å². The smallest absolute Gasteiger partial charge is 0.260 e. The predicted octanol–water partition coefficient (Wildman–Crippen LogP) is 3.38. The van der Waals surface area contributed by atoms with E-state index in [1.807, 2.05) is 4.90 Å². The third-order valence-electron chi connectivity index (χ3n) is 6.94. The summed E-state index contributed by atoms with van der Waals surface area (Å²) in [6.45, 7) is 1.22. The Morgan fingerprint density at radius 3 is 2.50 bits per heavy atom. The van der Waals surface area contributed by atoms with Crippen LogP contribution >= 0.6 is 0 Å². The third kappa shape index (κ3) is 3.24. The van der Waals surface area contributed by atoms with Crippen LogP contribution in [0, 0.1) is 11.7 Å². The standard InChI is InChI=1S/C21H24F3N5O/c22-15-3-1-14(2-4-15)21(7-8-21)19(30)28-9-5-13(6-10-28)16-11-17(18(23)24)29-20(27-16)25-12-26-29/h1-4,12-13,16-18H,5-11H2,(H,25,26,27)/t16-,17+/m0/s1. The zero-order chi connectivity index (χ0) is 20.9. The molecule has 2 fully saturated rings. The van der Waals surface area contributed by atoms with Gasteiger partial charge in [-0.25, -0.2) is 17.9 Å². The fraction of sp³-hybridized carbons (Fsp3) is 0.571. The number of aromatic nitrogens is 3. The summed E-state index contributed by atoms with van der Waals surface area (Å²) >= 11 is 0. The molecule has 3 heterocycles. The molecule has 1 aromatic heterocycles. The summed E-state index contributed by atoms with van der Waals surface area (Å²) in [5, 5.41) is 7.20. The van der Waals surface area contributed by atoms with E-state index in [4.69, 9.17) is 0 Å². The maximum Gasteiger partial charge on any atom is 0.260 e. The summed E-state index contributed by atoms with van der Waals surface area (Å²) in [7, 11) is 0. The number of anilines is 1. The lowest BCUT2D eigenvalue weighted by atomic mass is 9.84. The van der Waals surface area contributed by atoms with Crippen molar-refractivity contribution in [2.24, 2.45) is 5.92 Å². The Morgan fingerprint density at radius 1 is 1.17 bits per heavy atom. The van der Waals surface area contributed by atoms with E-state index in [0.717, 1.165) is 31.2 Å². The first kappa shape index (κ1) is 19.4. The minimum atomic E-state index is -2.50. The molecule has 2 atom stereocenters. The van der Waals surface area contributed by atoms with Crippen molar-refractivity contribution in [3.8, 4) is 0 Å². The maximum absolute atomic E-state index is 13.5. The van der Waals surface area contributed by atoms with Gasteiger partial charge in [-0.1, -0.05) is 12.1 Å². The molecule has 2 aromatic rings. The first-order valence-corrected chi connectivity index (χ1v) is 10.5. The van der Waals surface area contributed by atoms with E-state index in [2.05, 4.69) is 15.4 Å². The molecule has 1 N–H and O–H groups in total. The molecule has 5 rings (SSSR count). The van der Waals surface area contributed by atoms with Crippen LogP contribution in [0.1, 0.15) is 43.7 Å². The van der Waals surface area contributed by atoms with E-state index in [1.54, 1.807) is 12.1 Å². The molecule has 0 bridgehead atoms. The van der Waals surface area contributed by atoms with Gasteiger partial charge in [0.15, 0.2) is 0 Å². The van der Waals surface area contributed by atoms with Gasteiger partial charge < -0.3 is 10.2 Å². The molecular formula is C21H24F3N5O. The van der Waals surface area contributed by atoms with E-state index in [1.165, 1.54) is 23.1 Å². The average Bonchev–Trinajstić information content (AvgIpc) is 3.43. The first-order valence-electron chi connectivity index (χ1n) is 10.5. The van der Waals surface area contributed by atoms with Crippen LogP contribution in [0.5, 0.6) is 0 Å². The summed E-state index contributed by atoms with van der Waals surface area (Å²) in [5.41, 5.74) is 0.366. The predicted molar refractivity (Wildman–Crippen MR) is 104 cm³/mol. The second-order valence-corrected chi connectivity index (χ2v) is 8.64. The highest BCUT2D eigenvalue weighted by molar-refractivity contribution is 5.91. The number of rotatable bonds is 4. The van der Waals surface area contributed by atoms with Crippen LogP contribution in [0.4, 0.5) is 19.1 Å². The summed E-state index contributed by atoms with van der Waals surface area (Å²) in [4.78, 5) is 19.2. The second-order valence-electron chi connectivity index (χ2n) is 8.64. The summed E-state index contributed by atoms with van der Waals surface area (Å²) in [5.74, 6) is 0.389. The number of hydrogen-bond acceptors (Lipinski definition) is 4. The van der Waals surface area contributed by atoms with Gasteiger partial charge in [-0.05, 0) is 55.7 Å². The number of nitrogens with zero attached hydrogens (tertiary/aromatic N) is 4. The summed E-state index contributed by atoms with van der Waals surface area (Å²) < 4.78 is 41.6. The summed E-state index contributed by atoms with van der Waals surface area (Å²) in [6, 6.07) is 5.15. The number of alkyl halides is 2. The molecule has 0 unspecified atom stereocenters. The van der Waals surface area contributed by atoms with Gasteiger partial charge in [0.25, 0.3) is 6.43 Å². The zero-order valence-corrected chi connectivity index (χ0v) is 16.5. The SMILES string of the molecule is O=C(N1CCC([C@@H]2C[C@H](C(F)F)n3ncnc3N2)CC1)C1(c2ccc(F)cc2)CC1. The lowest BCUT2D eigenvalue weighted by Gasteiger charge is -2.40. The monoisotopic (exact) mass is 419 g/mol. The second kappa shape index (κ2) is 7.28. The normalized spacial score (nSPS) is 25.7. The number of nitrogens with one attached hydrogen (secondary N) is 1. The summed E-state index contributed by atoms with van der Waals surface area (Å²) in [6.07, 6.45) is 2.18. The van der Waals surface area contributed by atoms with Crippen molar-refractivity contribution in [1.29, 1.82) is 0 Å². The molecule has 1 saturated carbocycles. The average molecular weight is 419 g/mol. The fourth-order valence-corrected chi connectivity index (χ4v) is 5.03. The van der Waals surface area contributed by atoms with Gasteiger partial charge >= 0.3 is 0 Å². The number of piperidine rings is 1. The first-order chi connectivity index (χ1) is 14.5. The quantitative estimate of drug-likeness (QED) is 0.825. The molecule has 1 aromatic carbocycles. The molecule has 1 aliphatic carbocycles. The van der Waals surface area contributed by atoms with Crippen molar-refractivity contribution in [2.75, 3.05) is 18.4 Å². The van der Waals surface area contributed by atoms with Gasteiger partial charge in [0.05, 0.1) is 5.41 Å². The largest absolute Gasteiger partial charge is 0.351 e. The molecular weight excluding hydrogens is 395 g/mol. The lowest BCUT2D eigenvalue weighted by molar-refractivity contribution is -0.135. The van der Waals surface area contributed by atoms with E-state index in [-0.39, 0.29) is 23.7 Å². The van der Waals surface area contributed by atoms with Crippen molar-refractivity contribution >= 4 is 11.9 Å². The van der Waals surface area contributed by atoms with Crippen LogP contribution in [-0.4, -0.2) is 51.1 Å². The molecule has 160 valence electrons. The van der Waals surface area contributed by atoms with Gasteiger partial charge in [-0.2, -0.15) is 10.1 Å². The zero-order valence-electron chi connectivity index (χ0n) is 16.5. The topological polar surface area (TPSA) is 63.1 Å². The van der Waals surface area contributed by atoms with E-state index in [9.17, 15) is 18.0 Å². The van der Waals surface area contributed by atoms with Gasteiger partial charge in [0.1, 0.15) is 18.2 Å². The molecule has 0 radical (unpaired) electrons. The maximum atomic E-state index is 13.5. The molecule has 3 aliphatic rings. The van der Waals surface area contributed by atoms with Gasteiger partial charge in [-0.3, -0.25) is 4.79 Å². The van der Waals surface area contributed by atoms with Crippen molar-refractivity contribution in [1.82, 2.24) is 19.7 Å². The number of likely N-dealkylation sites (tertiary alicyclic amines) is 1. The van der Waals surface area contributed by atoms with Crippen LogP contribution in [-0.2, 0) is 10.2 Å². The Hall–Kier alpha value is -2.58. The number of halogens is 3. The highest BCUT2D eigenvalue weighted by atomic mass is 19.3. The molecule has 0 spiro atoms. The molecule has 30 heavy (non-hydrogen) atoms. The Kier molecular flexibility index (Phi) is 4.71. The third-order valence-corrected chi connectivity index (χ3v) is 6.94. The van der Waals surface area contributed by atoms with Crippen LogP contribution in [0.25, 0.3) is 0 Å². The van der Waals surface area contributed by atoms with Crippen molar-refractivity contribution in [3.63, 3.8) is 0 Å². The molecule has 9 heteroatoms. The van der Waals surface area contributed by atoms with Crippen LogP contribution in [0.2, 0.25) is 0 Å². The minimum absolute atomic E-state index is 0.106. The number of carbonyl (C=O) groups excluding carboxylic acids is 1. The van der Waals surface area contributed by atoms with Gasteiger partial charge in [-0.15, -0.1) is 0 Å². The van der Waals surface area contributed by atoms with E-state index >= 15 is 0 Å². The van der Waals surface area contributed by atoms with Crippen molar-refractivity contribution in [3.05, 3.63) is 42.0 Å². The Balaban J connectivity index is 1.24. The fourth-order valence-electron chi connectivity index (χ4n) is 5.03. The number of fused-ring (bicyclic) bond motifs is 1. The van der Waals surface area contributed by atoms with Crippen LogP contribution in [0.3, 0.4) is 0 Å². The number of hydrogen-bond donors (Lipinski definition) is 1. The molecule has 1 amide bonds. The highest BCUT2D eigenvalue weighted by Gasteiger charge is 2.53.